The smallest absolute Gasteiger partial charge is 0.274 e. The highest BCUT2D eigenvalue weighted by Crippen LogP contribution is 2.21. The molecular weight excluding hydrogens is 246 g/mol. The summed E-state index contributed by atoms with van der Waals surface area (Å²) in [5, 5.41) is 22.4. The van der Waals surface area contributed by atoms with Crippen LogP contribution in [0.2, 0.25) is 0 Å². The molecule has 0 aliphatic carbocycles. The van der Waals surface area contributed by atoms with E-state index in [0.29, 0.717) is 12.0 Å². The summed E-state index contributed by atoms with van der Waals surface area (Å²) in [4.78, 5) is 22.2. The van der Waals surface area contributed by atoms with E-state index in [1.165, 1.54) is 6.07 Å². The summed E-state index contributed by atoms with van der Waals surface area (Å²) >= 11 is 0. The molecule has 0 aromatic heterocycles. The van der Waals surface area contributed by atoms with Crippen LogP contribution < -0.4 is 5.32 Å². The van der Waals surface area contributed by atoms with Gasteiger partial charge in [0, 0.05) is 18.2 Å². The second kappa shape index (κ2) is 5.96. The molecule has 6 heteroatoms. The predicted octanol–water partition coefficient (Wildman–Crippen LogP) is 2.15. The number of nitro benzene ring substituents is 1. The topological polar surface area (TPSA) is 96.0 Å². The van der Waals surface area contributed by atoms with Gasteiger partial charge >= 0.3 is 0 Å². The fourth-order valence-corrected chi connectivity index (χ4v) is 1.50. The standard InChI is InChI=1S/C13H15N3O3/c1-3-13(2,9-14)12(17)15-8-10-6-4-5-7-11(10)16(18)19/h4-7H,3,8H2,1-2H3,(H,15,17). The molecule has 1 amide bonds. The Balaban J connectivity index is 2.81. The van der Waals surface area contributed by atoms with E-state index in [0.717, 1.165) is 0 Å². The third-order valence-corrected chi connectivity index (χ3v) is 3.08. The number of carbonyl (C=O) groups excluding carboxylic acids is 1. The number of hydrogen-bond acceptors (Lipinski definition) is 4. The van der Waals surface area contributed by atoms with Crippen LogP contribution >= 0.6 is 0 Å². The van der Waals surface area contributed by atoms with E-state index in [4.69, 9.17) is 5.26 Å². The van der Waals surface area contributed by atoms with Crippen molar-refractivity contribution in [1.82, 2.24) is 5.32 Å². The lowest BCUT2D eigenvalue weighted by atomic mass is 9.88. The van der Waals surface area contributed by atoms with E-state index in [1.807, 2.05) is 6.07 Å². The first-order valence-electron chi connectivity index (χ1n) is 5.86. The zero-order valence-electron chi connectivity index (χ0n) is 10.8. The Morgan fingerprint density at radius 1 is 1.53 bits per heavy atom. The summed E-state index contributed by atoms with van der Waals surface area (Å²) in [7, 11) is 0. The van der Waals surface area contributed by atoms with E-state index >= 15 is 0 Å². The number of carbonyl (C=O) groups is 1. The van der Waals surface area contributed by atoms with Crippen LogP contribution in [-0.2, 0) is 11.3 Å². The molecule has 0 saturated carbocycles. The van der Waals surface area contributed by atoms with Crippen LogP contribution in [0.15, 0.2) is 24.3 Å². The number of benzene rings is 1. The van der Waals surface area contributed by atoms with E-state index in [-0.39, 0.29) is 12.2 Å². The quantitative estimate of drug-likeness (QED) is 0.648. The van der Waals surface area contributed by atoms with Crippen molar-refractivity contribution in [3.63, 3.8) is 0 Å². The molecule has 0 radical (unpaired) electrons. The minimum Gasteiger partial charge on any atom is -0.350 e. The lowest BCUT2D eigenvalue weighted by Crippen LogP contribution is -2.37. The largest absolute Gasteiger partial charge is 0.350 e. The average molecular weight is 261 g/mol. The molecule has 1 unspecified atom stereocenters. The van der Waals surface area contributed by atoms with Crippen molar-refractivity contribution in [1.29, 1.82) is 5.26 Å². The minimum atomic E-state index is -1.11. The Hall–Kier alpha value is -2.42. The fourth-order valence-electron chi connectivity index (χ4n) is 1.50. The van der Waals surface area contributed by atoms with Crippen molar-refractivity contribution in [2.24, 2.45) is 5.41 Å². The van der Waals surface area contributed by atoms with Crippen LogP contribution in [0.4, 0.5) is 5.69 Å². The Morgan fingerprint density at radius 2 is 2.16 bits per heavy atom. The highest BCUT2D eigenvalue weighted by Gasteiger charge is 2.31. The number of nitro groups is 1. The summed E-state index contributed by atoms with van der Waals surface area (Å²) in [5.74, 6) is -0.421. The van der Waals surface area contributed by atoms with Crippen LogP contribution in [0.3, 0.4) is 0 Å². The number of para-hydroxylation sites is 1. The summed E-state index contributed by atoms with van der Waals surface area (Å²) < 4.78 is 0. The van der Waals surface area contributed by atoms with Crippen molar-refractivity contribution >= 4 is 11.6 Å². The number of nitriles is 1. The van der Waals surface area contributed by atoms with E-state index in [9.17, 15) is 14.9 Å². The van der Waals surface area contributed by atoms with Gasteiger partial charge in [0.25, 0.3) is 5.69 Å². The fraction of sp³-hybridized carbons (Fsp3) is 0.385. The highest BCUT2D eigenvalue weighted by molar-refractivity contribution is 5.84. The molecule has 100 valence electrons. The SMILES string of the molecule is CCC(C)(C#N)C(=O)NCc1ccccc1[N+](=O)[O-]. The van der Waals surface area contributed by atoms with Crippen LogP contribution in [-0.4, -0.2) is 10.8 Å². The molecule has 0 aliphatic heterocycles. The van der Waals surface area contributed by atoms with E-state index < -0.39 is 16.2 Å². The lowest BCUT2D eigenvalue weighted by Gasteiger charge is -2.18. The number of hydrogen-bond donors (Lipinski definition) is 1. The van der Waals surface area contributed by atoms with Gasteiger partial charge in [-0.05, 0) is 13.3 Å². The molecule has 1 atom stereocenters. The summed E-state index contributed by atoms with van der Waals surface area (Å²) in [6.45, 7) is 3.32. The molecule has 1 rings (SSSR count). The van der Waals surface area contributed by atoms with Gasteiger partial charge in [-0.25, -0.2) is 0 Å². The lowest BCUT2D eigenvalue weighted by molar-refractivity contribution is -0.385. The molecule has 0 saturated heterocycles. The van der Waals surface area contributed by atoms with Crippen molar-refractivity contribution in [2.45, 2.75) is 26.8 Å². The van der Waals surface area contributed by atoms with Gasteiger partial charge in [0.05, 0.1) is 11.0 Å². The first-order valence-corrected chi connectivity index (χ1v) is 5.86. The predicted molar refractivity (Wildman–Crippen MR) is 69.0 cm³/mol. The van der Waals surface area contributed by atoms with Crippen molar-refractivity contribution < 1.29 is 9.72 Å². The van der Waals surface area contributed by atoms with Gasteiger partial charge in [0.15, 0.2) is 0 Å². The average Bonchev–Trinajstić information content (AvgIpc) is 2.43. The second-order valence-corrected chi connectivity index (χ2v) is 4.37. The zero-order chi connectivity index (χ0) is 14.5. The van der Waals surface area contributed by atoms with Crippen molar-refractivity contribution in [3.05, 3.63) is 39.9 Å². The first-order chi connectivity index (χ1) is 8.94. The molecule has 1 aromatic carbocycles. The molecule has 0 fully saturated rings. The third kappa shape index (κ3) is 3.28. The number of rotatable bonds is 5. The maximum absolute atomic E-state index is 11.9. The Kier molecular flexibility index (Phi) is 4.59. The maximum atomic E-state index is 11.9. The van der Waals surface area contributed by atoms with Crippen LogP contribution in [0.5, 0.6) is 0 Å². The molecule has 0 bridgehead atoms. The van der Waals surface area contributed by atoms with Crippen LogP contribution in [0.25, 0.3) is 0 Å². The van der Waals surface area contributed by atoms with Gasteiger partial charge in [0.1, 0.15) is 5.41 Å². The monoisotopic (exact) mass is 261 g/mol. The number of amides is 1. The molecule has 1 aromatic rings. The number of nitrogens with one attached hydrogen (secondary N) is 1. The molecule has 0 heterocycles. The maximum Gasteiger partial charge on any atom is 0.274 e. The van der Waals surface area contributed by atoms with Crippen molar-refractivity contribution in [2.75, 3.05) is 0 Å². The van der Waals surface area contributed by atoms with Crippen molar-refractivity contribution in [3.8, 4) is 6.07 Å². The van der Waals surface area contributed by atoms with Gasteiger partial charge in [-0.3, -0.25) is 14.9 Å². The van der Waals surface area contributed by atoms with E-state index in [2.05, 4.69) is 5.32 Å². The summed E-state index contributed by atoms with van der Waals surface area (Å²) in [5.41, 5.74) is -0.737. The zero-order valence-corrected chi connectivity index (χ0v) is 10.8. The Labute approximate surface area is 111 Å². The molecule has 1 N–H and O–H groups in total. The van der Waals surface area contributed by atoms with Gasteiger partial charge in [0.2, 0.25) is 5.91 Å². The van der Waals surface area contributed by atoms with E-state index in [1.54, 1.807) is 32.0 Å². The molecule has 0 aliphatic rings. The Bertz CT molecular complexity index is 536. The summed E-state index contributed by atoms with van der Waals surface area (Å²) in [6, 6.07) is 8.14. The van der Waals surface area contributed by atoms with Gasteiger partial charge in [-0.15, -0.1) is 0 Å². The van der Waals surface area contributed by atoms with Gasteiger partial charge in [-0.2, -0.15) is 5.26 Å². The number of nitrogens with zero attached hydrogens (tertiary/aromatic N) is 2. The highest BCUT2D eigenvalue weighted by atomic mass is 16.6. The Morgan fingerprint density at radius 3 is 2.68 bits per heavy atom. The normalized spacial score (nSPS) is 13.1. The molecule has 19 heavy (non-hydrogen) atoms. The minimum absolute atomic E-state index is 0.0350. The summed E-state index contributed by atoms with van der Waals surface area (Å²) in [6.07, 6.45) is 0.381. The molecule has 0 spiro atoms. The van der Waals surface area contributed by atoms with Gasteiger partial charge < -0.3 is 5.32 Å². The first kappa shape index (κ1) is 14.6. The molecule has 6 nitrogen and oxygen atoms in total. The second-order valence-electron chi connectivity index (χ2n) is 4.37. The van der Waals surface area contributed by atoms with Gasteiger partial charge in [-0.1, -0.05) is 25.1 Å². The van der Waals surface area contributed by atoms with Crippen LogP contribution in [0, 0.1) is 26.9 Å². The van der Waals surface area contributed by atoms with Crippen LogP contribution in [0.1, 0.15) is 25.8 Å². The third-order valence-electron chi connectivity index (χ3n) is 3.08. The molecular formula is C13H15N3O3.